The van der Waals surface area contributed by atoms with Gasteiger partial charge in [0.1, 0.15) is 0 Å². The van der Waals surface area contributed by atoms with Crippen molar-refractivity contribution in [3.63, 3.8) is 0 Å². The van der Waals surface area contributed by atoms with Gasteiger partial charge in [-0.1, -0.05) is 266 Å². The summed E-state index contributed by atoms with van der Waals surface area (Å²) in [6, 6.07) is 109. The molecule has 0 heterocycles. The summed E-state index contributed by atoms with van der Waals surface area (Å²) in [4.78, 5) is 2.44. The van der Waals surface area contributed by atoms with E-state index in [2.05, 4.69) is 344 Å². The lowest BCUT2D eigenvalue weighted by Gasteiger charge is -2.36. The molecule has 1 nitrogen and oxygen atoms in total. The van der Waals surface area contributed by atoms with Crippen LogP contribution in [0.5, 0.6) is 0 Å². The molecule has 0 amide bonds. The first-order valence-corrected chi connectivity index (χ1v) is 29.3. The van der Waals surface area contributed by atoms with Crippen molar-refractivity contribution in [1.29, 1.82) is 0 Å². The maximum absolute atomic E-state index is 3.76. The normalized spacial score (nSPS) is 14.3. The fraction of sp³-hybridized carbons (Fsp3) is 0.0400. The molecule has 15 rings (SSSR count). The van der Waals surface area contributed by atoms with E-state index in [1.165, 1.54) is 100 Å². The van der Waals surface area contributed by atoms with Crippen LogP contribution in [0, 0.1) is 0 Å². The van der Waals surface area contributed by atoms with Gasteiger partial charge in [0, 0.05) is 30.5 Å². The second-order valence-electron chi connectivity index (χ2n) is 21.0. The molecular formula is C75H48Br3N. The molecule has 0 saturated heterocycles. The number of fused-ring (bicyclic) bond motifs is 9. The van der Waals surface area contributed by atoms with E-state index >= 15 is 0 Å². The maximum Gasteiger partial charge on any atom is 0.0713 e. The molecule has 0 unspecified atom stereocenters. The molecule has 0 saturated carbocycles. The fourth-order valence-corrected chi connectivity index (χ4v) is 15.0. The van der Waals surface area contributed by atoms with Gasteiger partial charge in [0.25, 0.3) is 0 Å². The summed E-state index contributed by atoms with van der Waals surface area (Å²) in [6.45, 7) is 0. The molecular weight excluding hydrogens is 1150 g/mol. The predicted octanol–water partition coefficient (Wildman–Crippen LogP) is 20.5. The van der Waals surface area contributed by atoms with E-state index in [1.807, 2.05) is 0 Å². The fourth-order valence-electron chi connectivity index (χ4n) is 14.2. The van der Waals surface area contributed by atoms with Gasteiger partial charge in [-0.2, -0.15) is 0 Å². The highest BCUT2D eigenvalue weighted by molar-refractivity contribution is 9.11. The Morgan fingerprint density at radius 3 is 0.544 bits per heavy atom. The molecule has 3 aliphatic rings. The molecule has 0 atom stereocenters. The van der Waals surface area contributed by atoms with Crippen molar-refractivity contribution in [3.05, 3.63) is 371 Å². The first-order valence-electron chi connectivity index (χ1n) is 26.9. The highest BCUT2D eigenvalue weighted by Crippen LogP contribution is 2.60. The second kappa shape index (κ2) is 18.8. The SMILES string of the molecule is Brc1ccc(C2(c3ccc(N(c4ccc(C5(c6ccc(Br)cc6)c6ccccc6-c6ccccc65)cc4)c4ccc(C5(c6ccc(Br)cc6)c6ccccc6-c6ccccc65)cc4)cc3)c3ccccc3-c3ccccc32)cc1. The minimum absolute atomic E-state index is 0.537. The molecule has 12 aromatic rings. The van der Waals surface area contributed by atoms with Crippen molar-refractivity contribution in [2.75, 3.05) is 4.90 Å². The number of nitrogens with zero attached hydrogens (tertiary/aromatic N) is 1. The van der Waals surface area contributed by atoms with Gasteiger partial charge in [-0.25, -0.2) is 0 Å². The van der Waals surface area contributed by atoms with Crippen molar-refractivity contribution >= 4 is 64.9 Å². The molecule has 374 valence electrons. The molecule has 0 aromatic heterocycles. The van der Waals surface area contributed by atoms with Crippen molar-refractivity contribution in [1.82, 2.24) is 0 Å². The molecule has 0 radical (unpaired) electrons. The first kappa shape index (κ1) is 48.0. The highest BCUT2D eigenvalue weighted by Gasteiger charge is 2.49. The van der Waals surface area contributed by atoms with Crippen LogP contribution in [0.4, 0.5) is 17.1 Å². The van der Waals surface area contributed by atoms with Crippen LogP contribution in [-0.2, 0) is 16.2 Å². The molecule has 3 aliphatic carbocycles. The summed E-state index contributed by atoms with van der Waals surface area (Å²) in [5.41, 5.74) is 24.3. The largest absolute Gasteiger partial charge is 0.311 e. The average molecular weight is 1200 g/mol. The van der Waals surface area contributed by atoms with Crippen LogP contribution in [-0.4, -0.2) is 0 Å². The topological polar surface area (TPSA) is 3.24 Å². The van der Waals surface area contributed by atoms with Crippen molar-refractivity contribution in [2.24, 2.45) is 0 Å². The number of benzene rings is 12. The average Bonchev–Trinajstić information content (AvgIpc) is 3.03. The molecule has 0 spiro atoms. The van der Waals surface area contributed by atoms with E-state index in [4.69, 9.17) is 0 Å². The van der Waals surface area contributed by atoms with E-state index in [1.54, 1.807) is 0 Å². The number of hydrogen-bond acceptors (Lipinski definition) is 1. The zero-order chi connectivity index (χ0) is 52.9. The summed E-state index contributed by atoms with van der Waals surface area (Å²) in [6.07, 6.45) is 0. The molecule has 0 bridgehead atoms. The summed E-state index contributed by atoms with van der Waals surface area (Å²) in [5, 5.41) is 0. The van der Waals surface area contributed by atoms with Crippen LogP contribution in [0.15, 0.2) is 305 Å². The van der Waals surface area contributed by atoms with Crippen LogP contribution >= 0.6 is 47.8 Å². The van der Waals surface area contributed by atoms with Gasteiger partial charge in [0.15, 0.2) is 0 Å². The third-order valence-corrected chi connectivity index (χ3v) is 19.0. The van der Waals surface area contributed by atoms with Gasteiger partial charge in [-0.15, -0.1) is 0 Å². The van der Waals surface area contributed by atoms with Gasteiger partial charge in [0.05, 0.1) is 16.2 Å². The number of hydrogen-bond donors (Lipinski definition) is 0. The van der Waals surface area contributed by atoms with Gasteiger partial charge in [-0.3, -0.25) is 0 Å². The standard InChI is InChI=1S/C75H48Br3N/c76-55-37-25-49(26-38-55)73(67-19-7-1-13-61(67)62-14-2-8-20-68(62)73)52-31-43-58(44-32-52)79(59-45-33-53(34-46-59)74(50-27-39-56(77)40-28-50)69-21-9-3-15-63(69)64-16-4-10-22-70(64)74)60-47-35-54(36-48-60)75(51-29-41-57(78)42-30-51)71-23-11-5-17-65(71)66-18-6-12-24-72(66)75/h1-48H. The monoisotopic (exact) mass is 1200 g/mol. The molecule has 4 heteroatoms. The van der Waals surface area contributed by atoms with E-state index in [0.29, 0.717) is 0 Å². The Kier molecular flexibility index (Phi) is 11.4. The lowest BCUT2D eigenvalue weighted by molar-refractivity contribution is 0.767. The van der Waals surface area contributed by atoms with Crippen LogP contribution < -0.4 is 4.90 Å². The number of anilines is 3. The van der Waals surface area contributed by atoms with Crippen LogP contribution in [0.3, 0.4) is 0 Å². The maximum atomic E-state index is 3.76. The molecule has 12 aromatic carbocycles. The van der Waals surface area contributed by atoms with E-state index in [0.717, 1.165) is 30.5 Å². The third-order valence-electron chi connectivity index (χ3n) is 17.4. The van der Waals surface area contributed by atoms with E-state index in [-0.39, 0.29) is 0 Å². The van der Waals surface area contributed by atoms with Crippen LogP contribution in [0.1, 0.15) is 66.8 Å². The zero-order valence-electron chi connectivity index (χ0n) is 42.8. The Bertz CT molecular complexity index is 3730. The molecule has 0 N–H and O–H groups in total. The Balaban J connectivity index is 0.926. The van der Waals surface area contributed by atoms with Gasteiger partial charge in [-0.05, 0) is 173 Å². The lowest BCUT2D eigenvalue weighted by Crippen LogP contribution is -2.29. The quantitative estimate of drug-likeness (QED) is 0.139. The van der Waals surface area contributed by atoms with Crippen molar-refractivity contribution in [2.45, 2.75) is 16.2 Å². The molecule has 0 aliphatic heterocycles. The first-order chi connectivity index (χ1) is 38.9. The van der Waals surface area contributed by atoms with E-state index < -0.39 is 16.2 Å². The minimum atomic E-state index is -0.537. The molecule has 79 heavy (non-hydrogen) atoms. The second-order valence-corrected chi connectivity index (χ2v) is 23.8. The Morgan fingerprint density at radius 2 is 0.354 bits per heavy atom. The van der Waals surface area contributed by atoms with E-state index in [9.17, 15) is 0 Å². The summed E-state index contributed by atoms with van der Waals surface area (Å²) in [5.74, 6) is 0. The number of halogens is 3. The summed E-state index contributed by atoms with van der Waals surface area (Å²) in [7, 11) is 0. The van der Waals surface area contributed by atoms with Gasteiger partial charge >= 0.3 is 0 Å². The van der Waals surface area contributed by atoms with Crippen molar-refractivity contribution < 1.29 is 0 Å². The minimum Gasteiger partial charge on any atom is -0.311 e. The summed E-state index contributed by atoms with van der Waals surface area (Å²) < 4.78 is 3.17. The Morgan fingerprint density at radius 1 is 0.190 bits per heavy atom. The van der Waals surface area contributed by atoms with Crippen LogP contribution in [0.25, 0.3) is 33.4 Å². The third kappa shape index (κ3) is 7.04. The Labute approximate surface area is 486 Å². The number of rotatable bonds is 9. The van der Waals surface area contributed by atoms with Crippen LogP contribution in [0.2, 0.25) is 0 Å². The predicted molar refractivity (Wildman–Crippen MR) is 336 cm³/mol. The highest BCUT2D eigenvalue weighted by atomic mass is 79.9. The zero-order valence-corrected chi connectivity index (χ0v) is 47.6. The lowest BCUT2D eigenvalue weighted by atomic mass is 9.67. The van der Waals surface area contributed by atoms with Gasteiger partial charge < -0.3 is 4.90 Å². The molecule has 0 fully saturated rings. The Hall–Kier alpha value is -8.12. The van der Waals surface area contributed by atoms with Crippen molar-refractivity contribution in [3.8, 4) is 33.4 Å². The smallest absolute Gasteiger partial charge is 0.0713 e. The van der Waals surface area contributed by atoms with Gasteiger partial charge in [0.2, 0.25) is 0 Å². The summed E-state index contributed by atoms with van der Waals surface area (Å²) >= 11 is 11.3.